The van der Waals surface area contributed by atoms with Gasteiger partial charge >= 0.3 is 5.97 Å². The van der Waals surface area contributed by atoms with Crippen molar-refractivity contribution in [1.29, 1.82) is 0 Å². The molecule has 0 aromatic heterocycles. The largest absolute Gasteiger partial charge is 0.480 e. The molecule has 1 saturated carbocycles. The molecule has 0 spiro atoms. The van der Waals surface area contributed by atoms with Crippen LogP contribution in [0.4, 0.5) is 0 Å². The summed E-state index contributed by atoms with van der Waals surface area (Å²) in [6.07, 6.45) is 5.81. The summed E-state index contributed by atoms with van der Waals surface area (Å²) in [6.45, 7) is 2.51. The Hall–Kier alpha value is -0.610. The van der Waals surface area contributed by atoms with Gasteiger partial charge in [-0.05, 0) is 25.2 Å². The van der Waals surface area contributed by atoms with Crippen LogP contribution in [0.15, 0.2) is 0 Å². The van der Waals surface area contributed by atoms with Crippen LogP contribution in [0.1, 0.15) is 39.0 Å². The lowest BCUT2D eigenvalue weighted by atomic mass is 10.0. The van der Waals surface area contributed by atoms with Crippen molar-refractivity contribution >= 4 is 5.97 Å². The average Bonchev–Trinajstić information content (AvgIpc) is 2.43. The van der Waals surface area contributed by atoms with Gasteiger partial charge in [0.25, 0.3) is 0 Å². The molecule has 1 aliphatic rings. The van der Waals surface area contributed by atoms with Crippen LogP contribution in [-0.2, 0) is 9.53 Å². The van der Waals surface area contributed by atoms with Gasteiger partial charge in [-0.1, -0.05) is 19.8 Å². The topological polar surface area (TPSA) is 58.6 Å². The fourth-order valence-corrected chi connectivity index (χ4v) is 2.30. The monoisotopic (exact) mass is 229 g/mol. The minimum Gasteiger partial charge on any atom is -0.480 e. The summed E-state index contributed by atoms with van der Waals surface area (Å²) in [4.78, 5) is 11.0. The molecule has 0 bridgehead atoms. The molecule has 2 N–H and O–H groups in total. The van der Waals surface area contributed by atoms with E-state index in [9.17, 15) is 4.79 Å². The zero-order valence-electron chi connectivity index (χ0n) is 10.2. The number of carboxylic acid groups (broad SMARTS) is 1. The van der Waals surface area contributed by atoms with E-state index in [-0.39, 0.29) is 6.61 Å². The Morgan fingerprint density at radius 3 is 2.81 bits per heavy atom. The Morgan fingerprint density at radius 2 is 2.19 bits per heavy atom. The van der Waals surface area contributed by atoms with Crippen LogP contribution in [0.5, 0.6) is 0 Å². The first-order valence-corrected chi connectivity index (χ1v) is 6.11. The maximum Gasteiger partial charge on any atom is 0.323 e. The summed E-state index contributed by atoms with van der Waals surface area (Å²) in [5.74, 6) is -0.0448. The number of ether oxygens (including phenoxy) is 1. The molecule has 94 valence electrons. The van der Waals surface area contributed by atoms with Crippen LogP contribution in [0.25, 0.3) is 0 Å². The molecule has 1 aliphatic carbocycles. The third-order valence-corrected chi connectivity index (χ3v) is 3.33. The fraction of sp³-hybridized carbons (Fsp3) is 0.917. The molecule has 0 aromatic carbocycles. The summed E-state index contributed by atoms with van der Waals surface area (Å²) < 4.78 is 4.92. The van der Waals surface area contributed by atoms with Gasteiger partial charge in [-0.25, -0.2) is 0 Å². The van der Waals surface area contributed by atoms with Crippen LogP contribution in [0.3, 0.4) is 0 Å². The number of hydrogen-bond donors (Lipinski definition) is 2. The van der Waals surface area contributed by atoms with Crippen molar-refractivity contribution < 1.29 is 14.6 Å². The van der Waals surface area contributed by atoms with Crippen LogP contribution in [0.2, 0.25) is 0 Å². The van der Waals surface area contributed by atoms with E-state index < -0.39 is 12.0 Å². The van der Waals surface area contributed by atoms with Gasteiger partial charge in [-0.3, -0.25) is 10.1 Å². The van der Waals surface area contributed by atoms with E-state index in [2.05, 4.69) is 12.2 Å². The Balaban J connectivity index is 2.40. The van der Waals surface area contributed by atoms with Crippen molar-refractivity contribution in [3.63, 3.8) is 0 Å². The van der Waals surface area contributed by atoms with Gasteiger partial charge in [0.1, 0.15) is 6.04 Å². The molecule has 0 radical (unpaired) electrons. The number of rotatable bonds is 5. The fourth-order valence-electron chi connectivity index (χ4n) is 2.30. The van der Waals surface area contributed by atoms with E-state index in [4.69, 9.17) is 9.84 Å². The van der Waals surface area contributed by atoms with Gasteiger partial charge in [0.05, 0.1) is 6.61 Å². The second-order valence-electron chi connectivity index (χ2n) is 4.82. The van der Waals surface area contributed by atoms with Gasteiger partial charge in [0.15, 0.2) is 0 Å². The first kappa shape index (κ1) is 13.5. The van der Waals surface area contributed by atoms with Gasteiger partial charge in [0.2, 0.25) is 0 Å². The Labute approximate surface area is 97.4 Å². The number of carboxylic acids is 1. The van der Waals surface area contributed by atoms with Crippen molar-refractivity contribution in [3.05, 3.63) is 0 Å². The van der Waals surface area contributed by atoms with E-state index in [0.717, 1.165) is 18.8 Å². The summed E-state index contributed by atoms with van der Waals surface area (Å²) >= 11 is 0. The van der Waals surface area contributed by atoms with E-state index in [1.54, 1.807) is 0 Å². The van der Waals surface area contributed by atoms with Crippen molar-refractivity contribution in [2.45, 2.75) is 51.1 Å². The predicted octanol–water partition coefficient (Wildman–Crippen LogP) is 1.64. The maximum absolute atomic E-state index is 11.0. The molecule has 0 aliphatic heterocycles. The lowest BCUT2D eigenvalue weighted by molar-refractivity contribution is -0.141. The molecule has 16 heavy (non-hydrogen) atoms. The van der Waals surface area contributed by atoms with Crippen LogP contribution >= 0.6 is 0 Å². The normalized spacial score (nSPS) is 28.4. The summed E-state index contributed by atoms with van der Waals surface area (Å²) in [5.41, 5.74) is 0. The lowest BCUT2D eigenvalue weighted by Gasteiger charge is -2.21. The molecular weight excluding hydrogens is 206 g/mol. The van der Waals surface area contributed by atoms with Crippen LogP contribution in [0, 0.1) is 5.92 Å². The van der Waals surface area contributed by atoms with Gasteiger partial charge in [-0.15, -0.1) is 0 Å². The summed E-state index contributed by atoms with van der Waals surface area (Å²) in [6, 6.07) is -0.232. The van der Waals surface area contributed by atoms with Crippen molar-refractivity contribution in [3.8, 4) is 0 Å². The van der Waals surface area contributed by atoms with Crippen molar-refractivity contribution in [1.82, 2.24) is 5.32 Å². The van der Waals surface area contributed by atoms with Crippen molar-refractivity contribution in [2.75, 3.05) is 13.7 Å². The van der Waals surface area contributed by atoms with E-state index in [1.165, 1.54) is 26.4 Å². The highest BCUT2D eigenvalue weighted by Gasteiger charge is 2.23. The SMILES string of the molecule is COCC(NC1CCCC(C)CC1)C(=O)O. The van der Waals surface area contributed by atoms with Crippen LogP contribution < -0.4 is 5.32 Å². The smallest absolute Gasteiger partial charge is 0.323 e. The standard InChI is InChI=1S/C12H23NO3/c1-9-4-3-5-10(7-6-9)13-11(8-16-2)12(14)15/h9-11,13H,3-8H2,1-2H3,(H,14,15). The van der Waals surface area contributed by atoms with Gasteiger partial charge < -0.3 is 9.84 Å². The van der Waals surface area contributed by atoms with E-state index in [0.29, 0.717) is 6.04 Å². The molecule has 0 saturated heterocycles. The minimum absolute atomic E-state index is 0.237. The molecule has 0 aromatic rings. The molecule has 4 nitrogen and oxygen atoms in total. The minimum atomic E-state index is -0.820. The zero-order chi connectivity index (χ0) is 12.0. The van der Waals surface area contributed by atoms with E-state index >= 15 is 0 Å². The zero-order valence-corrected chi connectivity index (χ0v) is 10.2. The Kier molecular flexibility index (Phi) is 5.77. The average molecular weight is 229 g/mol. The lowest BCUT2D eigenvalue weighted by Crippen LogP contribution is -2.45. The third kappa shape index (κ3) is 4.49. The van der Waals surface area contributed by atoms with Crippen LogP contribution in [-0.4, -0.2) is 36.9 Å². The third-order valence-electron chi connectivity index (χ3n) is 3.33. The molecular formula is C12H23NO3. The number of methoxy groups -OCH3 is 1. The predicted molar refractivity (Wildman–Crippen MR) is 62.5 cm³/mol. The first-order chi connectivity index (χ1) is 7.63. The second kappa shape index (κ2) is 6.86. The molecule has 1 rings (SSSR count). The highest BCUT2D eigenvalue weighted by Crippen LogP contribution is 2.22. The van der Waals surface area contributed by atoms with Crippen molar-refractivity contribution in [2.24, 2.45) is 5.92 Å². The Bertz CT molecular complexity index is 220. The van der Waals surface area contributed by atoms with Gasteiger partial charge in [-0.2, -0.15) is 0 Å². The number of carbonyl (C=O) groups is 1. The molecule has 0 amide bonds. The molecule has 4 heteroatoms. The van der Waals surface area contributed by atoms with Gasteiger partial charge in [0, 0.05) is 13.2 Å². The van der Waals surface area contributed by atoms with E-state index in [1.807, 2.05) is 0 Å². The summed E-state index contributed by atoms with van der Waals surface area (Å²) in [7, 11) is 1.53. The summed E-state index contributed by atoms with van der Waals surface area (Å²) in [5, 5.41) is 12.2. The number of aliphatic carboxylic acids is 1. The number of hydrogen-bond acceptors (Lipinski definition) is 3. The first-order valence-electron chi connectivity index (χ1n) is 6.11. The number of nitrogens with one attached hydrogen (secondary N) is 1. The molecule has 0 heterocycles. The maximum atomic E-state index is 11.0. The highest BCUT2D eigenvalue weighted by atomic mass is 16.5. The molecule has 3 unspecified atom stereocenters. The quantitative estimate of drug-likeness (QED) is 0.704. The second-order valence-corrected chi connectivity index (χ2v) is 4.82. The molecule has 3 atom stereocenters. The molecule has 1 fully saturated rings. The Morgan fingerprint density at radius 1 is 1.44 bits per heavy atom. The highest BCUT2D eigenvalue weighted by molar-refractivity contribution is 5.73.